The topological polar surface area (TPSA) is 72.5 Å². The van der Waals surface area contributed by atoms with Crippen molar-refractivity contribution < 1.29 is 18.7 Å². The standard InChI is InChI=1S/C34H30F2N4O2/c1-39-14-12-22(13-15-39)20-2-4-21(5-3-20)23-6-7-24-19-40(34(42)27(24)16-23)32(28-17-25(35)9-11-31(28)41)33-37-29-10-8-26(36)18-30(29)38-33/h2-11,16-18,22,32,41H,12-15,19H2,1H3,(H,37,38). The first-order valence-electron chi connectivity index (χ1n) is 14.2. The van der Waals surface area contributed by atoms with Gasteiger partial charge in [0.2, 0.25) is 0 Å². The summed E-state index contributed by atoms with van der Waals surface area (Å²) in [5.41, 5.74) is 5.83. The quantitative estimate of drug-likeness (QED) is 0.247. The second-order valence-electron chi connectivity index (χ2n) is 11.4. The van der Waals surface area contributed by atoms with Gasteiger partial charge < -0.3 is 19.9 Å². The molecule has 0 radical (unpaired) electrons. The summed E-state index contributed by atoms with van der Waals surface area (Å²) < 4.78 is 28.4. The van der Waals surface area contributed by atoms with Gasteiger partial charge in [-0.15, -0.1) is 0 Å². The smallest absolute Gasteiger partial charge is 0.255 e. The Morgan fingerprint density at radius 3 is 2.40 bits per heavy atom. The van der Waals surface area contributed by atoms with Gasteiger partial charge in [0.25, 0.3) is 5.91 Å². The predicted molar refractivity (Wildman–Crippen MR) is 157 cm³/mol. The molecule has 7 rings (SSSR count). The molecular formula is C34H30F2N4O2. The molecule has 2 aliphatic heterocycles. The zero-order chi connectivity index (χ0) is 29.0. The minimum Gasteiger partial charge on any atom is -0.508 e. The number of hydrogen-bond acceptors (Lipinski definition) is 4. The van der Waals surface area contributed by atoms with E-state index in [1.165, 1.54) is 35.9 Å². The second-order valence-corrected chi connectivity index (χ2v) is 11.4. The van der Waals surface area contributed by atoms with Crippen molar-refractivity contribution in [3.63, 3.8) is 0 Å². The Morgan fingerprint density at radius 1 is 0.905 bits per heavy atom. The number of phenolic OH excluding ortho intramolecular Hbond substituents is 1. The van der Waals surface area contributed by atoms with E-state index in [0.717, 1.165) is 48.7 Å². The number of amides is 1. The Hall–Kier alpha value is -4.56. The van der Waals surface area contributed by atoms with Crippen LogP contribution in [0.15, 0.2) is 78.9 Å². The lowest BCUT2D eigenvalue weighted by molar-refractivity contribution is 0.0723. The van der Waals surface area contributed by atoms with Crippen molar-refractivity contribution in [1.82, 2.24) is 19.8 Å². The van der Waals surface area contributed by atoms with Crippen LogP contribution in [-0.4, -0.2) is 50.9 Å². The normalized spacial score (nSPS) is 16.7. The van der Waals surface area contributed by atoms with Crippen LogP contribution >= 0.6 is 0 Å². The Kier molecular flexibility index (Phi) is 6.50. The Bertz CT molecular complexity index is 1810. The summed E-state index contributed by atoms with van der Waals surface area (Å²) in [5.74, 6) is -0.527. The molecule has 0 bridgehead atoms. The fraction of sp³-hybridized carbons (Fsp3) is 0.235. The maximum absolute atomic E-state index is 14.4. The fourth-order valence-electron chi connectivity index (χ4n) is 6.34. The summed E-state index contributed by atoms with van der Waals surface area (Å²) in [5, 5.41) is 10.8. The van der Waals surface area contributed by atoms with E-state index in [1.54, 1.807) is 4.90 Å². The van der Waals surface area contributed by atoms with E-state index in [2.05, 4.69) is 46.2 Å². The van der Waals surface area contributed by atoms with Gasteiger partial charge in [0, 0.05) is 17.7 Å². The van der Waals surface area contributed by atoms with E-state index in [4.69, 9.17) is 0 Å². The lowest BCUT2D eigenvalue weighted by Gasteiger charge is -2.29. The third kappa shape index (κ3) is 4.71. The van der Waals surface area contributed by atoms with E-state index in [9.17, 15) is 18.7 Å². The number of benzene rings is 4. The first kappa shape index (κ1) is 26.3. The Balaban J connectivity index is 1.22. The molecule has 1 atom stereocenters. The molecule has 1 aromatic heterocycles. The number of nitrogens with one attached hydrogen (secondary N) is 1. The van der Waals surface area contributed by atoms with Gasteiger partial charge in [0.15, 0.2) is 0 Å². The van der Waals surface area contributed by atoms with Crippen LogP contribution in [-0.2, 0) is 6.54 Å². The number of imidazole rings is 1. The number of hydrogen-bond donors (Lipinski definition) is 2. The van der Waals surface area contributed by atoms with E-state index in [0.29, 0.717) is 28.3 Å². The van der Waals surface area contributed by atoms with Gasteiger partial charge >= 0.3 is 0 Å². The average molecular weight is 565 g/mol. The Morgan fingerprint density at radius 2 is 1.62 bits per heavy atom. The van der Waals surface area contributed by atoms with Gasteiger partial charge in [0.05, 0.1) is 11.0 Å². The summed E-state index contributed by atoms with van der Waals surface area (Å²) in [6, 6.07) is 21.4. The Labute approximate surface area is 242 Å². The van der Waals surface area contributed by atoms with Crippen LogP contribution in [0.4, 0.5) is 8.78 Å². The number of carbonyl (C=O) groups excluding carboxylic acids is 1. The number of aromatic hydroxyl groups is 1. The zero-order valence-electron chi connectivity index (χ0n) is 23.1. The third-order valence-corrected chi connectivity index (χ3v) is 8.69. The first-order chi connectivity index (χ1) is 20.3. The van der Waals surface area contributed by atoms with Gasteiger partial charge in [-0.1, -0.05) is 36.4 Å². The molecule has 4 aromatic carbocycles. The lowest BCUT2D eigenvalue weighted by atomic mass is 9.88. The molecular weight excluding hydrogens is 534 g/mol. The molecule has 1 amide bonds. The van der Waals surface area contributed by atoms with Crippen molar-refractivity contribution in [3.8, 4) is 16.9 Å². The molecule has 2 aliphatic rings. The molecule has 5 aromatic rings. The zero-order valence-corrected chi connectivity index (χ0v) is 23.1. The third-order valence-electron chi connectivity index (χ3n) is 8.69. The van der Waals surface area contributed by atoms with Gasteiger partial charge in [-0.3, -0.25) is 4.79 Å². The highest BCUT2D eigenvalue weighted by atomic mass is 19.1. The second kappa shape index (κ2) is 10.4. The van der Waals surface area contributed by atoms with E-state index in [1.807, 2.05) is 18.2 Å². The first-order valence-corrected chi connectivity index (χ1v) is 14.2. The molecule has 8 heteroatoms. The number of fused-ring (bicyclic) bond motifs is 2. The average Bonchev–Trinajstić information content (AvgIpc) is 3.55. The highest BCUT2D eigenvalue weighted by Gasteiger charge is 2.37. The van der Waals surface area contributed by atoms with Gasteiger partial charge in [0.1, 0.15) is 29.3 Å². The van der Waals surface area contributed by atoms with Crippen LogP contribution in [0.5, 0.6) is 5.75 Å². The number of aromatic nitrogens is 2. The van der Waals surface area contributed by atoms with Crippen molar-refractivity contribution in [2.45, 2.75) is 31.3 Å². The maximum atomic E-state index is 14.4. The van der Waals surface area contributed by atoms with Crippen molar-refractivity contribution in [1.29, 1.82) is 0 Å². The molecule has 1 fully saturated rings. The predicted octanol–water partition coefficient (Wildman–Crippen LogP) is 6.77. The minimum atomic E-state index is -0.923. The summed E-state index contributed by atoms with van der Waals surface area (Å²) >= 11 is 0. The molecule has 0 spiro atoms. The van der Waals surface area contributed by atoms with Gasteiger partial charge in [-0.2, -0.15) is 0 Å². The van der Waals surface area contributed by atoms with Gasteiger partial charge in [-0.25, -0.2) is 13.8 Å². The molecule has 0 aliphatic carbocycles. The van der Waals surface area contributed by atoms with Crippen LogP contribution in [0.25, 0.3) is 22.2 Å². The molecule has 1 saturated heterocycles. The maximum Gasteiger partial charge on any atom is 0.255 e. The largest absolute Gasteiger partial charge is 0.508 e. The highest BCUT2D eigenvalue weighted by Crippen LogP contribution is 2.40. The van der Waals surface area contributed by atoms with Crippen LogP contribution < -0.4 is 0 Å². The van der Waals surface area contributed by atoms with Crippen molar-refractivity contribution in [2.75, 3.05) is 20.1 Å². The highest BCUT2D eigenvalue weighted by molar-refractivity contribution is 6.00. The number of likely N-dealkylation sites (tertiary alicyclic amines) is 1. The summed E-state index contributed by atoms with van der Waals surface area (Å²) in [7, 11) is 2.16. The summed E-state index contributed by atoms with van der Waals surface area (Å²) in [6.07, 6.45) is 2.31. The molecule has 1 unspecified atom stereocenters. The molecule has 6 nitrogen and oxygen atoms in total. The minimum absolute atomic E-state index is 0.165. The summed E-state index contributed by atoms with van der Waals surface area (Å²) in [4.78, 5) is 25.6. The molecule has 212 valence electrons. The lowest BCUT2D eigenvalue weighted by Crippen LogP contribution is -2.31. The van der Waals surface area contributed by atoms with Crippen LogP contribution in [0.1, 0.15) is 57.7 Å². The number of piperidine rings is 1. The molecule has 3 heterocycles. The number of carbonyl (C=O) groups is 1. The fourth-order valence-corrected chi connectivity index (χ4v) is 6.34. The van der Waals surface area contributed by atoms with Crippen LogP contribution in [0, 0.1) is 11.6 Å². The van der Waals surface area contributed by atoms with E-state index >= 15 is 0 Å². The van der Waals surface area contributed by atoms with Gasteiger partial charge in [-0.05, 0) is 104 Å². The number of phenols is 1. The molecule has 42 heavy (non-hydrogen) atoms. The van der Waals surface area contributed by atoms with Crippen molar-refractivity contribution >= 4 is 16.9 Å². The SMILES string of the molecule is CN1CCC(c2ccc(-c3ccc4c(c3)C(=O)N(C(c3nc5ccc(F)cc5[nH]3)c3cc(F)ccc3O)C4)cc2)CC1. The molecule has 0 saturated carbocycles. The van der Waals surface area contributed by atoms with E-state index < -0.39 is 17.7 Å². The van der Waals surface area contributed by atoms with Crippen molar-refractivity contribution in [3.05, 3.63) is 119 Å². The number of H-pyrrole nitrogens is 1. The van der Waals surface area contributed by atoms with Crippen LogP contribution in [0.3, 0.4) is 0 Å². The van der Waals surface area contributed by atoms with E-state index in [-0.39, 0.29) is 23.8 Å². The number of nitrogens with zero attached hydrogens (tertiary/aromatic N) is 3. The number of aromatic amines is 1. The van der Waals surface area contributed by atoms with Crippen LogP contribution in [0.2, 0.25) is 0 Å². The molecule has 2 N–H and O–H groups in total. The van der Waals surface area contributed by atoms with Crippen molar-refractivity contribution in [2.24, 2.45) is 0 Å². The number of halogens is 2. The summed E-state index contributed by atoms with van der Waals surface area (Å²) in [6.45, 7) is 2.46. The number of rotatable bonds is 5. The monoisotopic (exact) mass is 564 g/mol.